The molecule has 27 heavy (non-hydrogen) atoms. The Hall–Kier alpha value is -2.83. The van der Waals surface area contributed by atoms with E-state index in [0.29, 0.717) is 21.7 Å². The fourth-order valence-corrected chi connectivity index (χ4v) is 3.29. The first kappa shape index (κ1) is 18.9. The lowest BCUT2D eigenvalue weighted by Crippen LogP contribution is -2.07. The number of carbonyl (C=O) groups excluding carboxylic acids is 1. The first-order valence-electron chi connectivity index (χ1n) is 8.02. The number of nitrogens with one attached hydrogen (secondary N) is 1. The van der Waals surface area contributed by atoms with E-state index in [-0.39, 0.29) is 5.91 Å². The molecule has 1 amide bonds. The number of thiazole rings is 1. The second kappa shape index (κ2) is 8.70. The molecule has 0 aliphatic heterocycles. The summed E-state index contributed by atoms with van der Waals surface area (Å²) < 4.78 is 10.6. The summed E-state index contributed by atoms with van der Waals surface area (Å²) in [5.41, 5.74) is 2.46. The minimum atomic E-state index is -0.281. The van der Waals surface area contributed by atoms with Gasteiger partial charge in [-0.2, -0.15) is 0 Å². The summed E-state index contributed by atoms with van der Waals surface area (Å²) in [4.78, 5) is 16.6. The molecule has 3 rings (SSSR count). The number of para-hydroxylation sites is 1. The molecule has 0 saturated heterocycles. The Labute approximate surface area is 166 Å². The summed E-state index contributed by atoms with van der Waals surface area (Å²) in [5.74, 6) is 0.896. The van der Waals surface area contributed by atoms with Crippen molar-refractivity contribution in [3.05, 3.63) is 64.5 Å². The highest BCUT2D eigenvalue weighted by molar-refractivity contribution is 7.14. The van der Waals surface area contributed by atoms with Gasteiger partial charge >= 0.3 is 0 Å². The Morgan fingerprint density at radius 1 is 1.15 bits per heavy atom. The molecule has 2 aromatic carbocycles. The van der Waals surface area contributed by atoms with Gasteiger partial charge in [-0.3, -0.25) is 10.1 Å². The predicted octanol–water partition coefficient (Wildman–Crippen LogP) is 5.13. The van der Waals surface area contributed by atoms with Crippen LogP contribution in [-0.4, -0.2) is 25.1 Å². The second-order valence-electron chi connectivity index (χ2n) is 5.45. The topological polar surface area (TPSA) is 60.5 Å². The third-order valence-corrected chi connectivity index (χ3v) is 4.73. The molecule has 0 radical (unpaired) electrons. The second-order valence-corrected chi connectivity index (χ2v) is 6.74. The number of hydrogen-bond acceptors (Lipinski definition) is 5. The van der Waals surface area contributed by atoms with Crippen LogP contribution in [-0.2, 0) is 4.79 Å². The maximum Gasteiger partial charge on any atom is 0.250 e. The van der Waals surface area contributed by atoms with Gasteiger partial charge in [-0.1, -0.05) is 35.9 Å². The van der Waals surface area contributed by atoms with Crippen molar-refractivity contribution in [2.45, 2.75) is 0 Å². The Morgan fingerprint density at radius 2 is 1.93 bits per heavy atom. The molecule has 3 aromatic rings. The summed E-state index contributed by atoms with van der Waals surface area (Å²) in [7, 11) is 3.13. The van der Waals surface area contributed by atoms with Crippen LogP contribution < -0.4 is 14.8 Å². The minimum absolute atomic E-state index is 0.281. The van der Waals surface area contributed by atoms with Crippen LogP contribution >= 0.6 is 22.9 Å². The number of ether oxygens (including phenoxy) is 2. The lowest BCUT2D eigenvalue weighted by atomic mass is 10.1. The van der Waals surface area contributed by atoms with Crippen molar-refractivity contribution in [3.8, 4) is 22.8 Å². The van der Waals surface area contributed by atoms with Gasteiger partial charge in [0, 0.05) is 27.6 Å². The van der Waals surface area contributed by atoms with Gasteiger partial charge in [0.05, 0.1) is 19.9 Å². The molecule has 1 aromatic heterocycles. The minimum Gasteiger partial charge on any atom is -0.493 e. The summed E-state index contributed by atoms with van der Waals surface area (Å²) in [6.07, 6.45) is 3.10. The van der Waals surface area contributed by atoms with Gasteiger partial charge in [0.2, 0.25) is 5.91 Å². The quantitative estimate of drug-likeness (QED) is 0.582. The van der Waals surface area contributed by atoms with Crippen molar-refractivity contribution in [1.29, 1.82) is 0 Å². The number of aromatic nitrogens is 1. The Kier molecular flexibility index (Phi) is 6.11. The number of nitrogens with zero attached hydrogens (tertiary/aromatic N) is 1. The van der Waals surface area contributed by atoms with Crippen molar-refractivity contribution in [2.75, 3.05) is 19.5 Å². The maximum absolute atomic E-state index is 12.2. The molecule has 0 fully saturated rings. The summed E-state index contributed by atoms with van der Waals surface area (Å²) in [5, 5.41) is 5.83. The van der Waals surface area contributed by atoms with E-state index in [9.17, 15) is 4.79 Å². The number of benzene rings is 2. The van der Waals surface area contributed by atoms with Crippen molar-refractivity contribution >= 4 is 40.1 Å². The van der Waals surface area contributed by atoms with E-state index in [1.807, 2.05) is 29.6 Å². The lowest BCUT2D eigenvalue weighted by molar-refractivity contribution is -0.111. The van der Waals surface area contributed by atoms with E-state index in [1.54, 1.807) is 38.5 Å². The standard InChI is InChI=1S/C20H17ClN2O3S/c1-25-17-5-3-4-14(19(17)26-2)8-11-18(24)23-20-22-16(12-27-20)13-6-9-15(21)10-7-13/h3-12H,1-2H3,(H,22,23,24)/b11-8+. The van der Waals surface area contributed by atoms with E-state index in [4.69, 9.17) is 21.1 Å². The number of methoxy groups -OCH3 is 2. The number of carbonyl (C=O) groups is 1. The number of hydrogen-bond donors (Lipinski definition) is 1. The van der Waals surface area contributed by atoms with Crippen molar-refractivity contribution in [2.24, 2.45) is 0 Å². The molecular formula is C20H17ClN2O3S. The van der Waals surface area contributed by atoms with Crippen LogP contribution in [0.15, 0.2) is 53.9 Å². The molecule has 0 atom stereocenters. The van der Waals surface area contributed by atoms with E-state index >= 15 is 0 Å². The number of halogens is 1. The average molecular weight is 401 g/mol. The monoisotopic (exact) mass is 400 g/mol. The van der Waals surface area contributed by atoms with Gasteiger partial charge in [-0.05, 0) is 24.3 Å². The number of amides is 1. The van der Waals surface area contributed by atoms with Gasteiger partial charge in [0.25, 0.3) is 0 Å². The molecule has 0 unspecified atom stereocenters. The molecule has 0 bridgehead atoms. The predicted molar refractivity (Wildman–Crippen MR) is 110 cm³/mol. The van der Waals surface area contributed by atoms with Crippen molar-refractivity contribution < 1.29 is 14.3 Å². The highest BCUT2D eigenvalue weighted by Gasteiger charge is 2.09. The molecule has 1 N–H and O–H groups in total. The van der Waals surface area contributed by atoms with Gasteiger partial charge in [-0.25, -0.2) is 4.98 Å². The molecular weight excluding hydrogens is 384 g/mol. The Bertz CT molecular complexity index is 968. The molecule has 138 valence electrons. The normalized spacial score (nSPS) is 10.8. The average Bonchev–Trinajstić information content (AvgIpc) is 3.14. The molecule has 0 aliphatic carbocycles. The van der Waals surface area contributed by atoms with Crippen LogP contribution in [0.2, 0.25) is 5.02 Å². The lowest BCUT2D eigenvalue weighted by Gasteiger charge is -2.09. The number of rotatable bonds is 6. The van der Waals surface area contributed by atoms with Crippen LogP contribution in [0.4, 0.5) is 5.13 Å². The Balaban J connectivity index is 1.70. The molecule has 7 heteroatoms. The smallest absolute Gasteiger partial charge is 0.250 e. The zero-order valence-electron chi connectivity index (χ0n) is 14.7. The highest BCUT2D eigenvalue weighted by Crippen LogP contribution is 2.31. The van der Waals surface area contributed by atoms with Gasteiger partial charge in [-0.15, -0.1) is 11.3 Å². The highest BCUT2D eigenvalue weighted by atomic mass is 35.5. The Morgan fingerprint density at radius 3 is 2.63 bits per heavy atom. The van der Waals surface area contributed by atoms with Gasteiger partial charge in [0.15, 0.2) is 16.6 Å². The fraction of sp³-hybridized carbons (Fsp3) is 0.100. The van der Waals surface area contributed by atoms with Gasteiger partial charge < -0.3 is 9.47 Å². The molecule has 0 saturated carbocycles. The van der Waals surface area contributed by atoms with Crippen molar-refractivity contribution in [1.82, 2.24) is 4.98 Å². The fourth-order valence-electron chi connectivity index (χ4n) is 2.44. The summed E-state index contributed by atoms with van der Waals surface area (Å²) in [6, 6.07) is 12.9. The SMILES string of the molecule is COc1cccc(/C=C/C(=O)Nc2nc(-c3ccc(Cl)cc3)cs2)c1OC. The van der Waals surface area contributed by atoms with Crippen molar-refractivity contribution in [3.63, 3.8) is 0 Å². The zero-order valence-corrected chi connectivity index (χ0v) is 16.3. The molecule has 1 heterocycles. The molecule has 0 spiro atoms. The molecule has 5 nitrogen and oxygen atoms in total. The van der Waals surface area contributed by atoms with E-state index in [1.165, 1.54) is 17.4 Å². The maximum atomic E-state index is 12.2. The summed E-state index contributed by atoms with van der Waals surface area (Å²) in [6.45, 7) is 0. The van der Waals surface area contributed by atoms with E-state index < -0.39 is 0 Å². The largest absolute Gasteiger partial charge is 0.493 e. The van der Waals surface area contributed by atoms with Crippen LogP contribution in [0, 0.1) is 0 Å². The third-order valence-electron chi connectivity index (χ3n) is 3.72. The third kappa shape index (κ3) is 4.67. The van der Waals surface area contributed by atoms with E-state index in [2.05, 4.69) is 10.3 Å². The summed E-state index contributed by atoms with van der Waals surface area (Å²) >= 11 is 7.26. The zero-order chi connectivity index (χ0) is 19.2. The number of anilines is 1. The first-order valence-corrected chi connectivity index (χ1v) is 9.28. The first-order chi connectivity index (χ1) is 13.1. The van der Waals surface area contributed by atoms with Crippen LogP contribution in [0.25, 0.3) is 17.3 Å². The van der Waals surface area contributed by atoms with Crippen LogP contribution in [0.3, 0.4) is 0 Å². The van der Waals surface area contributed by atoms with E-state index in [0.717, 1.165) is 16.8 Å². The van der Waals surface area contributed by atoms with Gasteiger partial charge in [0.1, 0.15) is 0 Å². The molecule has 0 aliphatic rings. The van der Waals surface area contributed by atoms with Crippen LogP contribution in [0.5, 0.6) is 11.5 Å². The van der Waals surface area contributed by atoms with Crippen LogP contribution in [0.1, 0.15) is 5.56 Å².